The van der Waals surface area contributed by atoms with Gasteiger partial charge in [-0.2, -0.15) is 0 Å². The number of nitrogens with zero attached hydrogens (tertiary/aromatic N) is 1. The van der Waals surface area contributed by atoms with Gasteiger partial charge < -0.3 is 5.32 Å². The molecule has 0 spiro atoms. The number of nitrogens with one attached hydrogen (secondary N) is 1. The minimum Gasteiger partial charge on any atom is -0.316 e. The van der Waals surface area contributed by atoms with Gasteiger partial charge in [-0.3, -0.25) is 0 Å². The van der Waals surface area contributed by atoms with E-state index >= 15 is 0 Å². The number of rotatable bonds is 7. The lowest BCUT2D eigenvalue weighted by Gasteiger charge is -2.19. The summed E-state index contributed by atoms with van der Waals surface area (Å²) in [7, 11) is -1.33. The summed E-state index contributed by atoms with van der Waals surface area (Å²) >= 11 is 0. The standard InChI is InChI=1S/C11H24N2O2S/c1-3-4-5-8-13(2)16(14,15)10-11-6-7-12-9-11/h11-12H,3-10H2,1-2H3. The topological polar surface area (TPSA) is 49.4 Å². The summed E-state index contributed by atoms with van der Waals surface area (Å²) < 4.78 is 25.5. The molecule has 4 nitrogen and oxygen atoms in total. The van der Waals surface area contributed by atoms with Gasteiger partial charge in [-0.05, 0) is 31.8 Å². The molecule has 5 heteroatoms. The predicted molar refractivity (Wildman–Crippen MR) is 66.9 cm³/mol. The Morgan fingerprint density at radius 1 is 1.38 bits per heavy atom. The van der Waals surface area contributed by atoms with Crippen LogP contribution in [0.4, 0.5) is 0 Å². The predicted octanol–water partition coefficient (Wildman–Crippen LogP) is 1.05. The quantitative estimate of drug-likeness (QED) is 0.685. The van der Waals surface area contributed by atoms with E-state index in [4.69, 9.17) is 0 Å². The molecule has 0 aromatic rings. The number of sulfonamides is 1. The average Bonchev–Trinajstić information content (AvgIpc) is 2.70. The van der Waals surface area contributed by atoms with Crippen molar-refractivity contribution in [3.63, 3.8) is 0 Å². The van der Waals surface area contributed by atoms with Crippen molar-refractivity contribution in [3.8, 4) is 0 Å². The van der Waals surface area contributed by atoms with E-state index in [2.05, 4.69) is 12.2 Å². The smallest absolute Gasteiger partial charge is 0.214 e. The second-order valence-electron chi connectivity index (χ2n) is 4.67. The van der Waals surface area contributed by atoms with Gasteiger partial charge in [0.25, 0.3) is 0 Å². The molecule has 1 aliphatic heterocycles. The highest BCUT2D eigenvalue weighted by atomic mass is 32.2. The third-order valence-electron chi connectivity index (χ3n) is 3.16. The third-order valence-corrected chi connectivity index (χ3v) is 5.19. The fourth-order valence-electron chi connectivity index (χ4n) is 2.01. The molecule has 0 aromatic carbocycles. The molecule has 0 amide bonds. The van der Waals surface area contributed by atoms with Gasteiger partial charge in [0.2, 0.25) is 10.0 Å². The van der Waals surface area contributed by atoms with Crippen molar-refractivity contribution in [2.24, 2.45) is 5.92 Å². The van der Waals surface area contributed by atoms with Gasteiger partial charge in [0, 0.05) is 13.6 Å². The Kier molecular flexibility index (Phi) is 5.72. The Hall–Kier alpha value is -0.130. The van der Waals surface area contributed by atoms with Crippen molar-refractivity contribution in [1.29, 1.82) is 0 Å². The molecule has 0 saturated carbocycles. The minimum absolute atomic E-state index is 0.304. The van der Waals surface area contributed by atoms with E-state index in [0.29, 0.717) is 18.2 Å². The molecule has 1 rings (SSSR count). The molecule has 0 aromatic heterocycles. The highest BCUT2D eigenvalue weighted by Gasteiger charge is 2.25. The van der Waals surface area contributed by atoms with E-state index < -0.39 is 10.0 Å². The van der Waals surface area contributed by atoms with Gasteiger partial charge >= 0.3 is 0 Å². The molecule has 0 radical (unpaired) electrons. The Morgan fingerprint density at radius 3 is 2.69 bits per heavy atom. The van der Waals surface area contributed by atoms with Gasteiger partial charge in [0.05, 0.1) is 5.75 Å². The fraction of sp³-hybridized carbons (Fsp3) is 1.00. The molecule has 1 atom stereocenters. The molecule has 96 valence electrons. The lowest BCUT2D eigenvalue weighted by atomic mass is 10.2. The van der Waals surface area contributed by atoms with Gasteiger partial charge in [-0.25, -0.2) is 12.7 Å². The molecule has 1 fully saturated rings. The van der Waals surface area contributed by atoms with Crippen LogP contribution in [0.1, 0.15) is 32.6 Å². The van der Waals surface area contributed by atoms with E-state index in [1.165, 1.54) is 4.31 Å². The van der Waals surface area contributed by atoms with Crippen molar-refractivity contribution < 1.29 is 8.42 Å². The van der Waals surface area contributed by atoms with E-state index in [-0.39, 0.29) is 0 Å². The van der Waals surface area contributed by atoms with Crippen molar-refractivity contribution in [2.45, 2.75) is 32.6 Å². The molecule has 0 bridgehead atoms. The second-order valence-corrected chi connectivity index (χ2v) is 6.79. The van der Waals surface area contributed by atoms with E-state index in [1.807, 2.05) is 0 Å². The molecule has 16 heavy (non-hydrogen) atoms. The fourth-order valence-corrected chi connectivity index (χ4v) is 3.55. The monoisotopic (exact) mass is 248 g/mol. The highest BCUT2D eigenvalue weighted by molar-refractivity contribution is 7.89. The number of hydrogen-bond acceptors (Lipinski definition) is 3. The number of hydrogen-bond donors (Lipinski definition) is 1. The first-order valence-corrected chi connectivity index (χ1v) is 7.82. The Bertz CT molecular complexity index is 284. The zero-order valence-corrected chi connectivity index (χ0v) is 11.2. The summed E-state index contributed by atoms with van der Waals surface area (Å²) in [6, 6.07) is 0. The van der Waals surface area contributed by atoms with Crippen LogP contribution in [0.5, 0.6) is 0 Å². The molecule has 1 heterocycles. The summed E-state index contributed by atoms with van der Waals surface area (Å²) in [6.07, 6.45) is 4.18. The molecular formula is C11H24N2O2S. The Labute approximate surface area is 99.5 Å². The average molecular weight is 248 g/mol. The summed E-state index contributed by atoms with van der Waals surface area (Å²) in [5, 5.41) is 3.20. The maximum atomic E-state index is 12.0. The Balaban J connectivity index is 2.36. The largest absolute Gasteiger partial charge is 0.316 e. The maximum Gasteiger partial charge on any atom is 0.214 e. The van der Waals surface area contributed by atoms with Crippen LogP contribution >= 0.6 is 0 Å². The van der Waals surface area contributed by atoms with Gasteiger partial charge in [-0.1, -0.05) is 19.8 Å². The molecule has 1 aliphatic rings. The first-order valence-electron chi connectivity index (χ1n) is 6.21. The zero-order chi connectivity index (χ0) is 12.0. The zero-order valence-electron chi connectivity index (χ0n) is 10.4. The van der Waals surface area contributed by atoms with E-state index in [1.54, 1.807) is 7.05 Å². The third kappa shape index (κ3) is 4.39. The summed E-state index contributed by atoms with van der Waals surface area (Å²) in [6.45, 7) is 4.59. The molecule has 1 saturated heterocycles. The molecule has 1 unspecified atom stereocenters. The Morgan fingerprint density at radius 2 is 2.12 bits per heavy atom. The van der Waals surface area contributed by atoms with Crippen LogP contribution < -0.4 is 5.32 Å². The van der Waals surface area contributed by atoms with Crippen LogP contribution in [0.15, 0.2) is 0 Å². The second kappa shape index (κ2) is 6.57. The lowest BCUT2D eigenvalue weighted by molar-refractivity contribution is 0.446. The summed E-state index contributed by atoms with van der Waals surface area (Å²) in [5.41, 5.74) is 0. The molecular weight excluding hydrogens is 224 g/mol. The van der Waals surface area contributed by atoms with Crippen molar-refractivity contribution >= 4 is 10.0 Å². The molecule has 1 N–H and O–H groups in total. The van der Waals surface area contributed by atoms with Crippen LogP contribution in [0.2, 0.25) is 0 Å². The van der Waals surface area contributed by atoms with E-state index in [9.17, 15) is 8.42 Å². The van der Waals surface area contributed by atoms with Crippen molar-refractivity contribution in [1.82, 2.24) is 9.62 Å². The summed E-state index contributed by atoms with van der Waals surface area (Å²) in [5.74, 6) is 0.612. The van der Waals surface area contributed by atoms with Crippen LogP contribution in [0.25, 0.3) is 0 Å². The summed E-state index contributed by atoms with van der Waals surface area (Å²) in [4.78, 5) is 0. The van der Waals surface area contributed by atoms with Crippen LogP contribution in [0.3, 0.4) is 0 Å². The first kappa shape index (κ1) is 13.9. The van der Waals surface area contributed by atoms with Gasteiger partial charge in [-0.15, -0.1) is 0 Å². The lowest BCUT2D eigenvalue weighted by Crippen LogP contribution is -2.33. The normalized spacial score (nSPS) is 21.8. The van der Waals surface area contributed by atoms with Crippen LogP contribution in [0, 0.1) is 5.92 Å². The van der Waals surface area contributed by atoms with Crippen LogP contribution in [-0.2, 0) is 10.0 Å². The van der Waals surface area contributed by atoms with Crippen molar-refractivity contribution in [2.75, 3.05) is 32.4 Å². The maximum absolute atomic E-state index is 12.0. The van der Waals surface area contributed by atoms with E-state index in [0.717, 1.165) is 38.8 Å². The number of unbranched alkanes of at least 4 members (excludes halogenated alkanes) is 2. The van der Waals surface area contributed by atoms with Crippen molar-refractivity contribution in [3.05, 3.63) is 0 Å². The molecule has 0 aliphatic carbocycles. The minimum atomic E-state index is -3.03. The highest BCUT2D eigenvalue weighted by Crippen LogP contribution is 2.13. The first-order chi connectivity index (χ1) is 7.56. The van der Waals surface area contributed by atoms with Gasteiger partial charge in [0.1, 0.15) is 0 Å². The van der Waals surface area contributed by atoms with Crippen LogP contribution in [-0.4, -0.2) is 45.2 Å². The SMILES string of the molecule is CCCCCN(C)S(=O)(=O)CC1CCNC1. The van der Waals surface area contributed by atoms with Gasteiger partial charge in [0.15, 0.2) is 0 Å².